The van der Waals surface area contributed by atoms with Crippen LogP contribution in [0.25, 0.3) is 0 Å². The van der Waals surface area contributed by atoms with E-state index in [-0.39, 0.29) is 11.4 Å². The highest BCUT2D eigenvalue weighted by Gasteiger charge is 2.39. The molecule has 0 atom stereocenters. The van der Waals surface area contributed by atoms with Crippen LogP contribution in [-0.2, 0) is 17.4 Å². The van der Waals surface area contributed by atoms with Crippen LogP contribution in [0.15, 0.2) is 35.5 Å². The number of hydrogen-bond donors (Lipinski definition) is 1. The molecular formula is C15H19N5OS. The predicted octanol–water partition coefficient (Wildman–Crippen LogP) is 1.89. The standard InChI is InChI=1S/C15H19N5OS/c1-20-14(17-18-19-20)22-11-8-13(21)16-15(9-5-10-15)12-6-3-2-4-7-12/h2-4,6-7H,5,8-11H2,1H3,(H,16,21). The summed E-state index contributed by atoms with van der Waals surface area (Å²) in [6.45, 7) is 0. The van der Waals surface area contributed by atoms with Crippen molar-refractivity contribution in [2.24, 2.45) is 7.05 Å². The number of carbonyl (C=O) groups is 1. The molecule has 0 radical (unpaired) electrons. The van der Waals surface area contributed by atoms with E-state index in [4.69, 9.17) is 0 Å². The maximum Gasteiger partial charge on any atom is 0.221 e. The lowest BCUT2D eigenvalue weighted by atomic mass is 9.71. The Labute approximate surface area is 133 Å². The monoisotopic (exact) mass is 317 g/mol. The molecule has 7 heteroatoms. The summed E-state index contributed by atoms with van der Waals surface area (Å²) < 4.78 is 1.61. The molecule has 1 amide bonds. The molecule has 1 aliphatic carbocycles. The number of thioether (sulfide) groups is 1. The van der Waals surface area contributed by atoms with Crippen molar-refractivity contribution in [2.75, 3.05) is 5.75 Å². The fourth-order valence-corrected chi connectivity index (χ4v) is 3.47. The number of aryl methyl sites for hydroxylation is 1. The molecule has 1 saturated carbocycles. The lowest BCUT2D eigenvalue weighted by Gasteiger charge is -2.43. The van der Waals surface area contributed by atoms with Crippen LogP contribution in [0, 0.1) is 0 Å². The van der Waals surface area contributed by atoms with Gasteiger partial charge in [0.25, 0.3) is 0 Å². The molecular weight excluding hydrogens is 298 g/mol. The first-order valence-electron chi connectivity index (χ1n) is 7.41. The maximum atomic E-state index is 12.3. The minimum atomic E-state index is -0.157. The van der Waals surface area contributed by atoms with Gasteiger partial charge in [-0.25, -0.2) is 4.68 Å². The summed E-state index contributed by atoms with van der Waals surface area (Å²) in [7, 11) is 1.79. The van der Waals surface area contributed by atoms with Crippen molar-refractivity contribution in [2.45, 2.75) is 36.4 Å². The van der Waals surface area contributed by atoms with Crippen molar-refractivity contribution >= 4 is 17.7 Å². The van der Waals surface area contributed by atoms with E-state index in [2.05, 4.69) is 33.0 Å². The zero-order chi connectivity index (χ0) is 15.4. The van der Waals surface area contributed by atoms with Crippen LogP contribution in [0.1, 0.15) is 31.2 Å². The second-order valence-electron chi connectivity index (χ2n) is 5.53. The van der Waals surface area contributed by atoms with E-state index in [9.17, 15) is 4.79 Å². The normalized spacial score (nSPS) is 16.0. The van der Waals surface area contributed by atoms with E-state index in [0.717, 1.165) is 24.4 Å². The zero-order valence-corrected chi connectivity index (χ0v) is 13.3. The number of tetrazole rings is 1. The van der Waals surface area contributed by atoms with E-state index in [1.54, 1.807) is 11.7 Å². The number of amides is 1. The Bertz CT molecular complexity index is 638. The second kappa shape index (κ2) is 6.48. The van der Waals surface area contributed by atoms with Gasteiger partial charge in [0, 0.05) is 19.2 Å². The molecule has 3 rings (SSSR count). The molecule has 2 aromatic rings. The number of nitrogens with one attached hydrogen (secondary N) is 1. The fourth-order valence-electron chi connectivity index (χ4n) is 2.68. The summed E-state index contributed by atoms with van der Waals surface area (Å²) in [5, 5.41) is 15.2. The van der Waals surface area contributed by atoms with Crippen molar-refractivity contribution in [1.82, 2.24) is 25.5 Å². The number of aromatic nitrogens is 4. The van der Waals surface area contributed by atoms with Crippen LogP contribution in [-0.4, -0.2) is 31.9 Å². The van der Waals surface area contributed by atoms with Gasteiger partial charge in [-0.15, -0.1) is 5.10 Å². The van der Waals surface area contributed by atoms with Crippen molar-refractivity contribution in [3.8, 4) is 0 Å². The zero-order valence-electron chi connectivity index (χ0n) is 12.5. The summed E-state index contributed by atoms with van der Waals surface area (Å²) in [4.78, 5) is 12.3. The van der Waals surface area contributed by atoms with Gasteiger partial charge in [-0.05, 0) is 35.3 Å². The Balaban J connectivity index is 1.54. The molecule has 1 fully saturated rings. The van der Waals surface area contributed by atoms with Crippen molar-refractivity contribution < 1.29 is 4.79 Å². The first-order valence-corrected chi connectivity index (χ1v) is 8.40. The number of carbonyl (C=O) groups excluding carboxylic acids is 1. The predicted molar refractivity (Wildman–Crippen MR) is 84.3 cm³/mol. The average Bonchev–Trinajstić information content (AvgIpc) is 2.89. The molecule has 116 valence electrons. The lowest BCUT2D eigenvalue weighted by Crippen LogP contribution is -2.50. The third-order valence-corrected chi connectivity index (χ3v) is 5.07. The third-order valence-electron chi connectivity index (χ3n) is 4.05. The molecule has 1 heterocycles. The maximum absolute atomic E-state index is 12.3. The molecule has 0 spiro atoms. The summed E-state index contributed by atoms with van der Waals surface area (Å²) in [6.07, 6.45) is 3.66. The van der Waals surface area contributed by atoms with Gasteiger partial charge in [0.2, 0.25) is 11.1 Å². The smallest absolute Gasteiger partial charge is 0.221 e. The molecule has 22 heavy (non-hydrogen) atoms. The van der Waals surface area contributed by atoms with Crippen LogP contribution in [0.4, 0.5) is 0 Å². The lowest BCUT2D eigenvalue weighted by molar-refractivity contribution is -0.123. The Morgan fingerprint density at radius 2 is 2.14 bits per heavy atom. The average molecular weight is 317 g/mol. The SMILES string of the molecule is Cn1nnnc1SCCC(=O)NC1(c2ccccc2)CCC1. The van der Waals surface area contributed by atoms with Gasteiger partial charge in [0.1, 0.15) is 0 Å². The molecule has 1 aromatic carbocycles. The number of nitrogens with zero attached hydrogens (tertiary/aromatic N) is 4. The first-order chi connectivity index (χ1) is 10.7. The van der Waals surface area contributed by atoms with E-state index in [1.807, 2.05) is 18.2 Å². The Hall–Kier alpha value is -1.89. The summed E-state index contributed by atoms with van der Waals surface area (Å²) >= 11 is 1.50. The van der Waals surface area contributed by atoms with Crippen molar-refractivity contribution in [1.29, 1.82) is 0 Å². The number of hydrogen-bond acceptors (Lipinski definition) is 5. The highest BCUT2D eigenvalue weighted by Crippen LogP contribution is 2.41. The van der Waals surface area contributed by atoms with Crippen molar-refractivity contribution in [3.05, 3.63) is 35.9 Å². The first kappa shape index (κ1) is 15.0. The van der Waals surface area contributed by atoms with Crippen LogP contribution < -0.4 is 5.32 Å². The van der Waals surface area contributed by atoms with Crippen LogP contribution in [0.2, 0.25) is 0 Å². The molecule has 0 unspecified atom stereocenters. The van der Waals surface area contributed by atoms with Gasteiger partial charge in [0.05, 0.1) is 5.54 Å². The molecule has 6 nitrogen and oxygen atoms in total. The molecule has 1 aromatic heterocycles. The van der Waals surface area contributed by atoms with Crippen LogP contribution in [0.5, 0.6) is 0 Å². The van der Waals surface area contributed by atoms with Crippen LogP contribution in [0.3, 0.4) is 0 Å². The van der Waals surface area contributed by atoms with E-state index in [1.165, 1.54) is 17.3 Å². The molecule has 0 saturated heterocycles. The van der Waals surface area contributed by atoms with Gasteiger partial charge in [-0.1, -0.05) is 42.1 Å². The Morgan fingerprint density at radius 1 is 1.36 bits per heavy atom. The van der Waals surface area contributed by atoms with Gasteiger partial charge in [-0.3, -0.25) is 4.79 Å². The fraction of sp³-hybridized carbons (Fsp3) is 0.467. The van der Waals surface area contributed by atoms with Crippen LogP contribution >= 0.6 is 11.8 Å². The third kappa shape index (κ3) is 3.14. The second-order valence-corrected chi connectivity index (χ2v) is 6.60. The molecule has 0 aliphatic heterocycles. The Kier molecular flexibility index (Phi) is 4.42. The summed E-state index contributed by atoms with van der Waals surface area (Å²) in [6, 6.07) is 10.2. The minimum Gasteiger partial charge on any atom is -0.347 e. The van der Waals surface area contributed by atoms with E-state index in [0.29, 0.717) is 12.2 Å². The van der Waals surface area contributed by atoms with E-state index < -0.39 is 0 Å². The largest absolute Gasteiger partial charge is 0.347 e. The van der Waals surface area contributed by atoms with Gasteiger partial charge >= 0.3 is 0 Å². The van der Waals surface area contributed by atoms with Crippen molar-refractivity contribution in [3.63, 3.8) is 0 Å². The number of benzene rings is 1. The quantitative estimate of drug-likeness (QED) is 0.824. The van der Waals surface area contributed by atoms with Gasteiger partial charge in [0.15, 0.2) is 0 Å². The minimum absolute atomic E-state index is 0.0891. The summed E-state index contributed by atoms with van der Waals surface area (Å²) in [5.74, 6) is 0.761. The Morgan fingerprint density at radius 3 is 2.73 bits per heavy atom. The van der Waals surface area contributed by atoms with E-state index >= 15 is 0 Å². The van der Waals surface area contributed by atoms with Gasteiger partial charge < -0.3 is 5.32 Å². The summed E-state index contributed by atoms with van der Waals surface area (Å²) in [5.41, 5.74) is 1.05. The number of rotatable bonds is 6. The highest BCUT2D eigenvalue weighted by atomic mass is 32.2. The highest BCUT2D eigenvalue weighted by molar-refractivity contribution is 7.99. The molecule has 0 bridgehead atoms. The topological polar surface area (TPSA) is 72.7 Å². The molecule has 1 N–H and O–H groups in total. The molecule has 1 aliphatic rings. The van der Waals surface area contributed by atoms with Gasteiger partial charge in [-0.2, -0.15) is 0 Å².